The number of carbonyl (C=O) groups excluding carboxylic acids is 2. The van der Waals surface area contributed by atoms with Gasteiger partial charge in [0.2, 0.25) is 5.78 Å². The number of nitriles is 1. The van der Waals surface area contributed by atoms with Crippen LogP contribution in [0.4, 0.5) is 5.82 Å². The second kappa shape index (κ2) is 7.19. The Kier molecular flexibility index (Phi) is 4.62. The number of H-pyrrole nitrogens is 1. The lowest BCUT2D eigenvalue weighted by atomic mass is 10.0. The predicted molar refractivity (Wildman–Crippen MR) is 90.3 cm³/mol. The molecule has 2 aromatic heterocycles. The van der Waals surface area contributed by atoms with Crippen molar-refractivity contribution in [2.24, 2.45) is 5.92 Å². The van der Waals surface area contributed by atoms with Gasteiger partial charge in [-0.05, 0) is 18.2 Å². The quantitative estimate of drug-likeness (QED) is 0.551. The molecule has 122 valence electrons. The Morgan fingerprint density at radius 3 is 2.56 bits per heavy atom. The number of nitrogens with one attached hydrogen (secondary N) is 2. The van der Waals surface area contributed by atoms with Crippen molar-refractivity contribution in [3.63, 3.8) is 0 Å². The molecule has 1 aromatic carbocycles. The van der Waals surface area contributed by atoms with Crippen molar-refractivity contribution in [3.8, 4) is 17.3 Å². The summed E-state index contributed by atoms with van der Waals surface area (Å²) in [6.45, 7) is 0. The van der Waals surface area contributed by atoms with Gasteiger partial charge in [-0.3, -0.25) is 14.7 Å². The number of anilines is 1. The van der Waals surface area contributed by atoms with Crippen LogP contribution in [0.25, 0.3) is 11.3 Å². The van der Waals surface area contributed by atoms with Crippen LogP contribution in [0.15, 0.2) is 60.8 Å². The summed E-state index contributed by atoms with van der Waals surface area (Å²) in [7, 11) is 0. The van der Waals surface area contributed by atoms with E-state index in [4.69, 9.17) is 0 Å². The van der Waals surface area contributed by atoms with Gasteiger partial charge in [0.25, 0.3) is 5.91 Å². The zero-order chi connectivity index (χ0) is 17.6. The van der Waals surface area contributed by atoms with E-state index in [-0.39, 0.29) is 11.5 Å². The number of hydrogen-bond acceptors (Lipinski definition) is 5. The van der Waals surface area contributed by atoms with Gasteiger partial charge in [0.05, 0.1) is 11.8 Å². The first-order valence-electron chi connectivity index (χ1n) is 7.45. The van der Waals surface area contributed by atoms with Gasteiger partial charge in [-0.25, -0.2) is 4.98 Å². The summed E-state index contributed by atoms with van der Waals surface area (Å²) < 4.78 is 0. The minimum atomic E-state index is -1.49. The molecule has 3 rings (SSSR count). The molecule has 3 aromatic rings. The zero-order valence-corrected chi connectivity index (χ0v) is 13.0. The van der Waals surface area contributed by atoms with Crippen LogP contribution in [0.5, 0.6) is 0 Å². The van der Waals surface area contributed by atoms with Crippen LogP contribution in [0, 0.1) is 17.2 Å². The third-order valence-electron chi connectivity index (χ3n) is 3.48. The largest absolute Gasteiger partial charge is 0.309 e. The second-order valence-electron chi connectivity index (χ2n) is 5.16. The van der Waals surface area contributed by atoms with Crippen molar-refractivity contribution in [2.75, 3.05) is 5.32 Å². The molecule has 7 heteroatoms. The Morgan fingerprint density at radius 2 is 1.88 bits per heavy atom. The van der Waals surface area contributed by atoms with Crippen LogP contribution in [0.1, 0.15) is 10.5 Å². The zero-order valence-electron chi connectivity index (χ0n) is 13.0. The lowest BCUT2D eigenvalue weighted by Gasteiger charge is -2.07. The van der Waals surface area contributed by atoms with Crippen molar-refractivity contribution in [1.82, 2.24) is 15.2 Å². The number of benzene rings is 1. The fourth-order valence-electron chi connectivity index (χ4n) is 2.23. The maximum absolute atomic E-state index is 12.5. The van der Waals surface area contributed by atoms with Gasteiger partial charge in [0.1, 0.15) is 11.5 Å². The number of pyridine rings is 1. The number of amides is 1. The molecule has 2 heterocycles. The number of aromatic amines is 1. The summed E-state index contributed by atoms with van der Waals surface area (Å²) in [5.74, 6) is -2.60. The first-order valence-corrected chi connectivity index (χ1v) is 7.45. The monoisotopic (exact) mass is 331 g/mol. The highest BCUT2D eigenvalue weighted by Gasteiger charge is 2.29. The van der Waals surface area contributed by atoms with Crippen molar-refractivity contribution in [2.45, 2.75) is 0 Å². The number of ketones is 1. The molecule has 1 amide bonds. The van der Waals surface area contributed by atoms with E-state index in [1.54, 1.807) is 24.3 Å². The molecule has 0 aliphatic heterocycles. The van der Waals surface area contributed by atoms with E-state index in [0.717, 1.165) is 5.56 Å². The standard InChI is InChI=1S/C18H13N5O2/c19-11-13(18(25)21-16-8-4-5-9-20-16)17(24)15-10-14(22-23-15)12-6-2-1-3-7-12/h1-10,13H,(H,22,23)(H,20,21,25)/t13-/m0/s1. The van der Waals surface area contributed by atoms with Gasteiger partial charge in [-0.2, -0.15) is 10.4 Å². The normalized spacial score (nSPS) is 11.3. The van der Waals surface area contributed by atoms with Crippen LogP contribution < -0.4 is 5.32 Å². The molecular formula is C18H13N5O2. The van der Waals surface area contributed by atoms with Crippen LogP contribution in [0.2, 0.25) is 0 Å². The van der Waals surface area contributed by atoms with Gasteiger partial charge in [0.15, 0.2) is 5.92 Å². The average molecular weight is 331 g/mol. The maximum Gasteiger partial charge on any atom is 0.250 e. The highest BCUT2D eigenvalue weighted by molar-refractivity contribution is 6.14. The molecule has 0 unspecified atom stereocenters. The molecule has 0 fully saturated rings. The Balaban J connectivity index is 1.78. The lowest BCUT2D eigenvalue weighted by Crippen LogP contribution is -2.29. The molecule has 0 radical (unpaired) electrons. The van der Waals surface area contributed by atoms with Gasteiger partial charge < -0.3 is 5.32 Å². The van der Waals surface area contributed by atoms with E-state index in [1.165, 1.54) is 12.3 Å². The van der Waals surface area contributed by atoms with Gasteiger partial charge in [-0.15, -0.1) is 0 Å². The predicted octanol–water partition coefficient (Wildman–Crippen LogP) is 2.43. The van der Waals surface area contributed by atoms with Gasteiger partial charge in [-0.1, -0.05) is 36.4 Å². The Bertz CT molecular complexity index is 929. The van der Waals surface area contributed by atoms with E-state index >= 15 is 0 Å². The smallest absolute Gasteiger partial charge is 0.250 e. The van der Waals surface area contributed by atoms with Crippen LogP contribution in [-0.4, -0.2) is 26.9 Å². The van der Waals surface area contributed by atoms with Crippen molar-refractivity contribution in [3.05, 3.63) is 66.5 Å². The highest BCUT2D eigenvalue weighted by atomic mass is 16.2. The fourth-order valence-corrected chi connectivity index (χ4v) is 2.23. The molecule has 7 nitrogen and oxygen atoms in total. The van der Waals surface area contributed by atoms with E-state index < -0.39 is 17.6 Å². The topological polar surface area (TPSA) is 112 Å². The summed E-state index contributed by atoms with van der Waals surface area (Å²) in [5, 5.41) is 18.4. The number of rotatable bonds is 5. The Hall–Kier alpha value is -3.79. The van der Waals surface area contributed by atoms with Crippen LogP contribution in [0.3, 0.4) is 0 Å². The number of carbonyl (C=O) groups is 2. The maximum atomic E-state index is 12.5. The van der Waals surface area contributed by atoms with Gasteiger partial charge in [0, 0.05) is 11.8 Å². The molecule has 0 bridgehead atoms. The minimum Gasteiger partial charge on any atom is -0.309 e. The van der Waals surface area contributed by atoms with E-state index in [9.17, 15) is 14.9 Å². The van der Waals surface area contributed by atoms with E-state index in [2.05, 4.69) is 20.5 Å². The number of aromatic nitrogens is 3. The van der Waals surface area contributed by atoms with Crippen LogP contribution in [-0.2, 0) is 4.79 Å². The summed E-state index contributed by atoms with van der Waals surface area (Å²) in [6, 6.07) is 17.5. The summed E-state index contributed by atoms with van der Waals surface area (Å²) in [5.41, 5.74) is 1.48. The SMILES string of the molecule is N#C[C@H](C(=O)Nc1ccccn1)C(=O)c1cc(-c2ccccc2)n[nH]1. The number of Topliss-reactive ketones (excluding diaryl/α,β-unsaturated/α-hetero) is 1. The Morgan fingerprint density at radius 1 is 1.12 bits per heavy atom. The third kappa shape index (κ3) is 3.59. The average Bonchev–Trinajstić information content (AvgIpc) is 3.14. The molecular weight excluding hydrogens is 318 g/mol. The molecule has 0 aliphatic carbocycles. The summed E-state index contributed by atoms with van der Waals surface area (Å²) >= 11 is 0. The molecule has 0 saturated carbocycles. The summed E-state index contributed by atoms with van der Waals surface area (Å²) in [6.07, 6.45) is 1.50. The number of hydrogen-bond donors (Lipinski definition) is 2. The Labute approximate surface area is 143 Å². The third-order valence-corrected chi connectivity index (χ3v) is 3.48. The molecule has 0 saturated heterocycles. The second-order valence-corrected chi connectivity index (χ2v) is 5.16. The highest BCUT2D eigenvalue weighted by Crippen LogP contribution is 2.19. The fraction of sp³-hybridized carbons (Fsp3) is 0.0556. The molecule has 25 heavy (non-hydrogen) atoms. The van der Waals surface area contributed by atoms with Crippen molar-refractivity contribution < 1.29 is 9.59 Å². The minimum absolute atomic E-state index is 0.0987. The molecule has 1 atom stereocenters. The van der Waals surface area contributed by atoms with E-state index in [0.29, 0.717) is 5.69 Å². The van der Waals surface area contributed by atoms with Crippen molar-refractivity contribution >= 4 is 17.5 Å². The first kappa shape index (κ1) is 16.1. The summed E-state index contributed by atoms with van der Waals surface area (Å²) in [4.78, 5) is 28.6. The van der Waals surface area contributed by atoms with Crippen molar-refractivity contribution in [1.29, 1.82) is 5.26 Å². The molecule has 0 spiro atoms. The first-order chi connectivity index (χ1) is 12.2. The lowest BCUT2D eigenvalue weighted by molar-refractivity contribution is -0.117. The van der Waals surface area contributed by atoms with Gasteiger partial charge >= 0.3 is 0 Å². The number of nitrogens with zero attached hydrogens (tertiary/aromatic N) is 3. The molecule has 0 aliphatic rings. The molecule has 2 N–H and O–H groups in total. The van der Waals surface area contributed by atoms with E-state index in [1.807, 2.05) is 30.3 Å². The van der Waals surface area contributed by atoms with Crippen LogP contribution >= 0.6 is 0 Å².